The van der Waals surface area contributed by atoms with Gasteiger partial charge < -0.3 is 18.3 Å². The number of para-hydroxylation sites is 4. The summed E-state index contributed by atoms with van der Waals surface area (Å²) >= 11 is 0. The van der Waals surface area contributed by atoms with Crippen LogP contribution in [0, 0.1) is 11.3 Å². The number of nitrogens with zero attached hydrogens (tertiary/aromatic N) is 8. The minimum Gasteiger partial charge on any atom is -0.308 e. The van der Waals surface area contributed by atoms with Gasteiger partial charge in [-0.2, -0.15) is 0 Å². The van der Waals surface area contributed by atoms with E-state index in [2.05, 4.69) is 231 Å². The van der Waals surface area contributed by atoms with Crippen molar-refractivity contribution < 1.29 is 0 Å². The predicted octanol–water partition coefficient (Wildman–Crippen LogP) is 17.2. The van der Waals surface area contributed by atoms with E-state index in [1.807, 2.05) is 49.1 Å². The van der Waals surface area contributed by atoms with Crippen molar-refractivity contribution in [1.29, 1.82) is 0 Å². The van der Waals surface area contributed by atoms with E-state index in [0.29, 0.717) is 0 Å². The van der Waals surface area contributed by atoms with Gasteiger partial charge in [-0.1, -0.05) is 121 Å². The van der Waals surface area contributed by atoms with Crippen molar-refractivity contribution in [2.45, 2.75) is 32.1 Å². The van der Waals surface area contributed by atoms with Gasteiger partial charge in [0.1, 0.15) is 0 Å². The van der Waals surface area contributed by atoms with Gasteiger partial charge in [0.25, 0.3) is 0 Å². The van der Waals surface area contributed by atoms with Gasteiger partial charge in [-0.3, -0.25) is 19.9 Å². The maximum Gasteiger partial charge on any atom is 0.0963 e. The fourth-order valence-corrected chi connectivity index (χ4v) is 13.8. The Bertz CT molecular complexity index is 4380. The van der Waals surface area contributed by atoms with E-state index in [0.717, 1.165) is 126 Å². The standard InChI is InChI=1S/C73H54N8/c1-5-17-61-57(13-1)69-65(21-9-41-74-69)78(61)53-33-25-49(26-34-53)45-73(46-50-27-35-54(36-28-50)79-62-18-6-2-14-58(62)70-66(79)22-10-42-75-70,47-51-29-37-55(38-30-51)80-63-19-7-3-15-59(63)71-67(80)23-11-43-76-71)48-52-31-39-56(40-32-52)81-64-20-8-4-16-60(64)72-68(81)24-12-44-77-72/h1-31,33-44,52H,32,45-48H2. The fourth-order valence-electron chi connectivity index (χ4n) is 13.8. The molecule has 0 saturated carbocycles. The van der Waals surface area contributed by atoms with E-state index in [9.17, 15) is 0 Å². The Labute approximate surface area is 467 Å². The van der Waals surface area contributed by atoms with Crippen molar-refractivity contribution in [3.63, 3.8) is 0 Å². The Morgan fingerprint density at radius 3 is 0.975 bits per heavy atom. The SMILES string of the molecule is C1=CC(CC(Cc2ccc(-n3c4ccccc4c4ncccc43)cc2)(Cc2ccc(-n3c4ccccc4c4ncccc43)cc2)Cc2ccc(-n3c4ccccc4c4ncccc43)cc2)CC=C1n1c2ccccc2c2ncccc21. The normalized spacial score (nSPS) is 14.0. The highest BCUT2D eigenvalue weighted by molar-refractivity contribution is 6.10. The third kappa shape index (κ3) is 7.88. The van der Waals surface area contributed by atoms with Crippen molar-refractivity contribution in [1.82, 2.24) is 38.2 Å². The topological polar surface area (TPSA) is 71.3 Å². The molecule has 15 aromatic rings. The smallest absolute Gasteiger partial charge is 0.0963 e. The largest absolute Gasteiger partial charge is 0.308 e. The summed E-state index contributed by atoms with van der Waals surface area (Å²) in [6.45, 7) is 0. The van der Waals surface area contributed by atoms with Crippen molar-refractivity contribution in [3.8, 4) is 17.1 Å². The Balaban J connectivity index is 0.817. The van der Waals surface area contributed by atoms with Crippen LogP contribution in [-0.2, 0) is 19.3 Å². The molecular weight excluding hydrogens is 989 g/mol. The summed E-state index contributed by atoms with van der Waals surface area (Å²) in [6, 6.07) is 79.6. The maximum atomic E-state index is 4.86. The molecule has 1 aliphatic carbocycles. The lowest BCUT2D eigenvalue weighted by Gasteiger charge is -2.38. The van der Waals surface area contributed by atoms with Crippen LogP contribution in [0.5, 0.6) is 0 Å². The van der Waals surface area contributed by atoms with Crippen molar-refractivity contribution in [2.24, 2.45) is 11.3 Å². The molecule has 0 N–H and O–H groups in total. The van der Waals surface area contributed by atoms with Gasteiger partial charge in [0.2, 0.25) is 0 Å². The molecule has 8 aromatic heterocycles. The average Bonchev–Trinajstić information content (AvgIpc) is 4.47. The minimum atomic E-state index is -0.216. The molecule has 0 radical (unpaired) electrons. The second kappa shape index (κ2) is 19.0. The second-order valence-corrected chi connectivity index (χ2v) is 22.1. The number of rotatable bonds is 12. The first kappa shape index (κ1) is 46.9. The van der Waals surface area contributed by atoms with Gasteiger partial charge in [0.15, 0.2) is 0 Å². The van der Waals surface area contributed by atoms with Gasteiger partial charge in [0.05, 0.1) is 66.2 Å². The number of benzene rings is 7. The highest BCUT2D eigenvalue weighted by Gasteiger charge is 2.35. The molecule has 1 atom stereocenters. The van der Waals surface area contributed by atoms with Crippen LogP contribution in [0.25, 0.3) is 111 Å². The Kier molecular flexibility index (Phi) is 11.0. The van der Waals surface area contributed by atoms with Gasteiger partial charge in [-0.05, 0) is 175 Å². The summed E-state index contributed by atoms with van der Waals surface area (Å²) in [5.74, 6) is 0.290. The minimum absolute atomic E-state index is 0.216. The van der Waals surface area contributed by atoms with Crippen LogP contribution >= 0.6 is 0 Å². The van der Waals surface area contributed by atoms with E-state index < -0.39 is 0 Å². The maximum absolute atomic E-state index is 4.86. The first-order valence-electron chi connectivity index (χ1n) is 28.1. The lowest BCUT2D eigenvalue weighted by atomic mass is 9.66. The number of fused-ring (bicyclic) bond motifs is 12. The zero-order valence-electron chi connectivity index (χ0n) is 44.5. The zero-order valence-corrected chi connectivity index (χ0v) is 44.5. The summed E-state index contributed by atoms with van der Waals surface area (Å²) in [7, 11) is 0. The molecule has 0 amide bonds. The van der Waals surface area contributed by atoms with Crippen LogP contribution in [0.1, 0.15) is 29.5 Å². The number of allylic oxidation sites excluding steroid dienone is 4. The van der Waals surface area contributed by atoms with Gasteiger partial charge >= 0.3 is 0 Å². The molecule has 1 unspecified atom stereocenters. The summed E-state index contributed by atoms with van der Waals surface area (Å²) in [4.78, 5) is 19.4. The van der Waals surface area contributed by atoms with Crippen molar-refractivity contribution in [2.75, 3.05) is 0 Å². The molecule has 8 nitrogen and oxygen atoms in total. The van der Waals surface area contributed by atoms with E-state index in [1.54, 1.807) is 0 Å². The quantitative estimate of drug-likeness (QED) is 0.122. The Morgan fingerprint density at radius 1 is 0.333 bits per heavy atom. The molecule has 7 aromatic carbocycles. The first-order valence-corrected chi connectivity index (χ1v) is 28.1. The highest BCUT2D eigenvalue weighted by atomic mass is 15.0. The van der Waals surface area contributed by atoms with Crippen LogP contribution in [0.15, 0.2) is 261 Å². The molecule has 8 heteroatoms. The van der Waals surface area contributed by atoms with Gasteiger partial charge in [-0.15, -0.1) is 0 Å². The van der Waals surface area contributed by atoms with Crippen molar-refractivity contribution >= 4 is 93.4 Å². The molecule has 0 aliphatic heterocycles. The van der Waals surface area contributed by atoms with Gasteiger partial charge in [0, 0.05) is 69.1 Å². The number of pyridine rings is 4. The van der Waals surface area contributed by atoms with Crippen LogP contribution in [-0.4, -0.2) is 38.2 Å². The highest BCUT2D eigenvalue weighted by Crippen LogP contribution is 2.44. The molecule has 1 aliphatic rings. The average molecular weight is 1040 g/mol. The van der Waals surface area contributed by atoms with Crippen LogP contribution in [0.2, 0.25) is 0 Å². The van der Waals surface area contributed by atoms with E-state index in [4.69, 9.17) is 19.9 Å². The molecule has 0 saturated heterocycles. The molecule has 81 heavy (non-hydrogen) atoms. The molecule has 16 rings (SSSR count). The summed E-state index contributed by atoms with van der Waals surface area (Å²) in [5, 5.41) is 4.65. The van der Waals surface area contributed by atoms with E-state index >= 15 is 0 Å². The molecular formula is C73H54N8. The first-order chi connectivity index (χ1) is 40.1. The third-order valence-electron chi connectivity index (χ3n) is 17.2. The predicted molar refractivity (Wildman–Crippen MR) is 333 cm³/mol. The summed E-state index contributed by atoms with van der Waals surface area (Å²) < 4.78 is 9.49. The van der Waals surface area contributed by atoms with E-state index in [1.165, 1.54) is 33.3 Å². The van der Waals surface area contributed by atoms with Crippen LogP contribution < -0.4 is 0 Å². The molecule has 0 fully saturated rings. The van der Waals surface area contributed by atoms with Crippen LogP contribution in [0.4, 0.5) is 0 Å². The summed E-state index contributed by atoms with van der Waals surface area (Å²) in [5.41, 5.74) is 21.5. The van der Waals surface area contributed by atoms with Gasteiger partial charge in [-0.25, -0.2) is 0 Å². The monoisotopic (exact) mass is 1040 g/mol. The molecule has 386 valence electrons. The van der Waals surface area contributed by atoms with Crippen molar-refractivity contribution in [3.05, 3.63) is 278 Å². The third-order valence-corrected chi connectivity index (χ3v) is 17.2. The lowest BCUT2D eigenvalue weighted by Crippen LogP contribution is -2.32. The molecule has 0 spiro atoms. The number of aromatic nitrogens is 8. The van der Waals surface area contributed by atoms with Crippen LogP contribution in [0.3, 0.4) is 0 Å². The zero-order chi connectivity index (χ0) is 53.4. The summed E-state index contributed by atoms with van der Waals surface area (Å²) in [6.07, 6.45) is 19.5. The molecule has 0 bridgehead atoms. The molecule has 8 heterocycles. The number of hydrogen-bond acceptors (Lipinski definition) is 4. The second-order valence-electron chi connectivity index (χ2n) is 22.1. The lowest BCUT2D eigenvalue weighted by molar-refractivity contribution is 0.223. The Hall–Kier alpha value is -10.2. The van der Waals surface area contributed by atoms with E-state index in [-0.39, 0.29) is 11.3 Å². The Morgan fingerprint density at radius 2 is 0.642 bits per heavy atom. The fraction of sp³-hybridized carbons (Fsp3) is 0.0959. The number of hydrogen-bond donors (Lipinski definition) is 0.